The molecule has 8 heteroatoms. The Morgan fingerprint density at radius 1 is 0.906 bits per heavy atom. The summed E-state index contributed by atoms with van der Waals surface area (Å²) < 4.78 is 47.8. The van der Waals surface area contributed by atoms with E-state index in [0.717, 1.165) is 37.8 Å². The molecule has 0 radical (unpaired) electrons. The van der Waals surface area contributed by atoms with Crippen LogP contribution in [-0.2, 0) is 10.0 Å². The van der Waals surface area contributed by atoms with Gasteiger partial charge in [0.25, 0.3) is 5.91 Å². The zero-order valence-corrected chi connectivity index (χ0v) is 18.1. The second kappa shape index (κ2) is 9.50. The zero-order chi connectivity index (χ0) is 22.6. The van der Waals surface area contributed by atoms with Gasteiger partial charge in [-0.1, -0.05) is 31.0 Å². The van der Waals surface area contributed by atoms with Crippen LogP contribution in [0, 0.1) is 5.82 Å². The van der Waals surface area contributed by atoms with E-state index < -0.39 is 26.6 Å². The fraction of sp³-hybridized carbons (Fsp3) is 0.208. The number of carbonyl (C=O) groups excluding carboxylic acids is 1. The first-order chi connectivity index (χ1) is 15.4. The minimum Gasteiger partial charge on any atom is -0.457 e. The molecular formula is C24H23FN2O4S. The Balaban J connectivity index is 1.46. The van der Waals surface area contributed by atoms with Crippen LogP contribution in [0.2, 0.25) is 0 Å². The summed E-state index contributed by atoms with van der Waals surface area (Å²) in [6.45, 7) is 0. The van der Waals surface area contributed by atoms with E-state index in [9.17, 15) is 17.6 Å². The number of ether oxygens (including phenoxy) is 1. The Bertz CT molecular complexity index is 1190. The summed E-state index contributed by atoms with van der Waals surface area (Å²) in [6, 6.07) is 19.1. The molecule has 1 amide bonds. The Morgan fingerprint density at radius 3 is 2.25 bits per heavy atom. The molecule has 1 aliphatic rings. The second-order valence-electron chi connectivity index (χ2n) is 7.64. The molecule has 0 spiro atoms. The van der Waals surface area contributed by atoms with E-state index in [2.05, 4.69) is 10.0 Å². The van der Waals surface area contributed by atoms with Crippen molar-refractivity contribution in [3.05, 3.63) is 84.2 Å². The monoisotopic (exact) mass is 454 g/mol. The van der Waals surface area contributed by atoms with Crippen molar-refractivity contribution in [3.8, 4) is 11.5 Å². The second-order valence-corrected chi connectivity index (χ2v) is 9.32. The van der Waals surface area contributed by atoms with E-state index in [4.69, 9.17) is 4.74 Å². The van der Waals surface area contributed by atoms with E-state index in [1.165, 1.54) is 6.07 Å². The summed E-state index contributed by atoms with van der Waals surface area (Å²) in [6.07, 6.45) is 3.33. The van der Waals surface area contributed by atoms with Gasteiger partial charge in [-0.25, -0.2) is 17.5 Å². The van der Waals surface area contributed by atoms with Gasteiger partial charge >= 0.3 is 0 Å². The minimum absolute atomic E-state index is 0.0443. The van der Waals surface area contributed by atoms with E-state index in [1.807, 2.05) is 30.3 Å². The molecule has 1 saturated carbocycles. The molecule has 32 heavy (non-hydrogen) atoms. The lowest BCUT2D eigenvalue weighted by molar-refractivity contribution is 0.102. The zero-order valence-electron chi connectivity index (χ0n) is 17.3. The average molecular weight is 455 g/mol. The van der Waals surface area contributed by atoms with Gasteiger partial charge in [0.15, 0.2) is 0 Å². The van der Waals surface area contributed by atoms with Crippen LogP contribution in [0.5, 0.6) is 11.5 Å². The Hall–Kier alpha value is -3.23. The summed E-state index contributed by atoms with van der Waals surface area (Å²) in [5.74, 6) is -0.147. The number of para-hydroxylation sites is 1. The molecule has 6 nitrogen and oxygen atoms in total. The van der Waals surface area contributed by atoms with Gasteiger partial charge in [0.05, 0.1) is 0 Å². The summed E-state index contributed by atoms with van der Waals surface area (Å²) in [4.78, 5) is 12.1. The van der Waals surface area contributed by atoms with Gasteiger partial charge in [-0.15, -0.1) is 0 Å². The number of benzene rings is 3. The van der Waals surface area contributed by atoms with Gasteiger partial charge in [0.1, 0.15) is 22.2 Å². The van der Waals surface area contributed by atoms with Gasteiger partial charge in [-0.2, -0.15) is 0 Å². The lowest BCUT2D eigenvalue weighted by atomic mass is 10.2. The molecule has 2 N–H and O–H groups in total. The van der Waals surface area contributed by atoms with Crippen molar-refractivity contribution in [1.82, 2.24) is 4.72 Å². The van der Waals surface area contributed by atoms with Crippen LogP contribution in [0.15, 0.2) is 77.7 Å². The smallest absolute Gasteiger partial charge is 0.255 e. The van der Waals surface area contributed by atoms with Gasteiger partial charge in [-0.05, 0) is 67.4 Å². The van der Waals surface area contributed by atoms with Gasteiger partial charge in [0.2, 0.25) is 10.0 Å². The van der Waals surface area contributed by atoms with Gasteiger partial charge < -0.3 is 10.1 Å². The maximum atomic E-state index is 14.3. The lowest BCUT2D eigenvalue weighted by Crippen LogP contribution is -2.33. The average Bonchev–Trinajstić information content (AvgIpc) is 3.28. The molecule has 0 atom stereocenters. The molecular weight excluding hydrogens is 431 g/mol. The van der Waals surface area contributed by atoms with Crippen LogP contribution in [0.3, 0.4) is 0 Å². The fourth-order valence-corrected chi connectivity index (χ4v) is 5.02. The van der Waals surface area contributed by atoms with Crippen molar-refractivity contribution in [2.45, 2.75) is 36.6 Å². The van der Waals surface area contributed by atoms with Crippen LogP contribution in [0.25, 0.3) is 0 Å². The van der Waals surface area contributed by atoms with Crippen LogP contribution in [0.4, 0.5) is 10.1 Å². The fourth-order valence-electron chi connectivity index (χ4n) is 3.61. The van der Waals surface area contributed by atoms with Gasteiger partial charge in [-0.3, -0.25) is 4.79 Å². The summed E-state index contributed by atoms with van der Waals surface area (Å²) >= 11 is 0. The highest BCUT2D eigenvalue weighted by molar-refractivity contribution is 7.89. The number of rotatable bonds is 7. The SMILES string of the molecule is O=C(Nc1ccc(Oc2ccccc2)cc1)c1ccc(F)c(S(=O)(=O)NC2CCCC2)c1. The quantitative estimate of drug-likeness (QED) is 0.521. The predicted molar refractivity (Wildman–Crippen MR) is 120 cm³/mol. The van der Waals surface area contributed by atoms with E-state index in [1.54, 1.807) is 24.3 Å². The molecule has 0 bridgehead atoms. The van der Waals surface area contributed by atoms with Crippen LogP contribution in [0.1, 0.15) is 36.0 Å². The molecule has 0 saturated heterocycles. The molecule has 4 rings (SSSR count). The van der Waals surface area contributed by atoms with Crippen LogP contribution >= 0.6 is 0 Å². The molecule has 0 aliphatic heterocycles. The number of nitrogens with one attached hydrogen (secondary N) is 2. The topological polar surface area (TPSA) is 84.5 Å². The first kappa shape index (κ1) is 22.0. The number of sulfonamides is 1. The molecule has 166 valence electrons. The normalized spacial score (nSPS) is 14.3. The lowest BCUT2D eigenvalue weighted by Gasteiger charge is -2.14. The highest BCUT2D eigenvalue weighted by Gasteiger charge is 2.26. The highest BCUT2D eigenvalue weighted by atomic mass is 32.2. The maximum Gasteiger partial charge on any atom is 0.255 e. The van der Waals surface area contributed by atoms with Crippen LogP contribution < -0.4 is 14.8 Å². The minimum atomic E-state index is -4.06. The molecule has 3 aromatic rings. The third-order valence-corrected chi connectivity index (χ3v) is 6.79. The molecule has 3 aromatic carbocycles. The molecule has 0 aromatic heterocycles. The maximum absolute atomic E-state index is 14.3. The molecule has 0 heterocycles. The number of carbonyl (C=O) groups is 1. The number of anilines is 1. The van der Waals surface area contributed by atoms with Crippen molar-refractivity contribution in [1.29, 1.82) is 0 Å². The van der Waals surface area contributed by atoms with E-state index in [0.29, 0.717) is 17.2 Å². The molecule has 1 fully saturated rings. The third kappa shape index (κ3) is 5.33. The van der Waals surface area contributed by atoms with Crippen molar-refractivity contribution >= 4 is 21.6 Å². The number of hydrogen-bond donors (Lipinski definition) is 2. The summed E-state index contributed by atoms with van der Waals surface area (Å²) in [7, 11) is -4.06. The number of amides is 1. The summed E-state index contributed by atoms with van der Waals surface area (Å²) in [5, 5.41) is 2.69. The standard InChI is InChI=1S/C24H23FN2O4S/c25-22-15-10-17(16-23(22)32(29,30)27-19-6-4-5-7-19)24(28)26-18-11-13-21(14-12-18)31-20-8-2-1-3-9-20/h1-3,8-16,19,27H,4-7H2,(H,26,28). The van der Waals surface area contributed by atoms with Crippen molar-refractivity contribution in [2.24, 2.45) is 0 Å². The van der Waals surface area contributed by atoms with Crippen molar-refractivity contribution in [3.63, 3.8) is 0 Å². The Morgan fingerprint density at radius 2 is 1.56 bits per heavy atom. The van der Waals surface area contributed by atoms with Crippen molar-refractivity contribution in [2.75, 3.05) is 5.32 Å². The number of hydrogen-bond acceptors (Lipinski definition) is 4. The summed E-state index contributed by atoms with van der Waals surface area (Å²) in [5.41, 5.74) is 0.538. The van der Waals surface area contributed by atoms with E-state index in [-0.39, 0.29) is 11.6 Å². The van der Waals surface area contributed by atoms with Crippen molar-refractivity contribution < 1.29 is 22.3 Å². The Labute approximate surface area is 186 Å². The first-order valence-electron chi connectivity index (χ1n) is 10.4. The highest BCUT2D eigenvalue weighted by Crippen LogP contribution is 2.24. The number of halogens is 1. The van der Waals surface area contributed by atoms with Crippen LogP contribution in [-0.4, -0.2) is 20.4 Å². The molecule has 1 aliphatic carbocycles. The third-order valence-electron chi connectivity index (χ3n) is 5.25. The van der Waals surface area contributed by atoms with Gasteiger partial charge in [0, 0.05) is 17.3 Å². The van der Waals surface area contributed by atoms with E-state index >= 15 is 0 Å². The first-order valence-corrected chi connectivity index (χ1v) is 11.9. The Kier molecular flexibility index (Phi) is 6.53. The molecule has 0 unspecified atom stereocenters. The largest absolute Gasteiger partial charge is 0.457 e. The predicted octanol–water partition coefficient (Wildman–Crippen LogP) is 5.09.